The second-order valence-corrected chi connectivity index (χ2v) is 5.36. The number of hydrogen-bond acceptors (Lipinski definition) is 3. The van der Waals surface area contributed by atoms with Crippen molar-refractivity contribution in [2.45, 2.75) is 25.2 Å². The third-order valence-electron chi connectivity index (χ3n) is 3.69. The van der Waals surface area contributed by atoms with Gasteiger partial charge in [0.15, 0.2) is 0 Å². The van der Waals surface area contributed by atoms with Crippen LogP contribution in [0.3, 0.4) is 0 Å². The van der Waals surface area contributed by atoms with Crippen LogP contribution in [0, 0.1) is 0 Å². The van der Waals surface area contributed by atoms with Crippen molar-refractivity contribution in [1.82, 2.24) is 0 Å². The van der Waals surface area contributed by atoms with Crippen molar-refractivity contribution in [2.75, 3.05) is 6.61 Å². The second kappa shape index (κ2) is 5.02. The predicted octanol–water partition coefficient (Wildman–Crippen LogP) is 3.75. The van der Waals surface area contributed by atoms with E-state index in [1.807, 2.05) is 74.5 Å². The maximum absolute atomic E-state index is 5.97. The highest BCUT2D eigenvalue weighted by atomic mass is 17.2. The van der Waals surface area contributed by atoms with Crippen molar-refractivity contribution in [2.24, 2.45) is 0 Å². The van der Waals surface area contributed by atoms with Crippen LogP contribution in [0.4, 0.5) is 0 Å². The molecule has 0 N–H and O–H groups in total. The lowest BCUT2D eigenvalue weighted by molar-refractivity contribution is -0.517. The summed E-state index contributed by atoms with van der Waals surface area (Å²) in [4.78, 5) is 11.3. The van der Waals surface area contributed by atoms with Crippen LogP contribution < -0.4 is 0 Å². The number of benzene rings is 2. The lowest BCUT2D eigenvalue weighted by Crippen LogP contribution is -2.46. The molecule has 0 spiro atoms. The third-order valence-corrected chi connectivity index (χ3v) is 3.69. The highest BCUT2D eigenvalue weighted by molar-refractivity contribution is 5.23. The summed E-state index contributed by atoms with van der Waals surface area (Å²) in [5.74, 6) is -0.866. The molecule has 104 valence electrons. The van der Waals surface area contributed by atoms with Crippen LogP contribution in [0.1, 0.15) is 25.0 Å². The summed E-state index contributed by atoms with van der Waals surface area (Å²) in [6, 6.07) is 19.8. The summed E-state index contributed by atoms with van der Waals surface area (Å²) < 4.78 is 5.97. The Labute approximate surface area is 119 Å². The van der Waals surface area contributed by atoms with Crippen LogP contribution in [0.25, 0.3) is 0 Å². The first-order valence-corrected chi connectivity index (χ1v) is 6.74. The molecule has 0 bridgehead atoms. The first kappa shape index (κ1) is 13.3. The minimum Gasteiger partial charge on any atom is -0.340 e. The van der Waals surface area contributed by atoms with E-state index in [1.165, 1.54) is 0 Å². The van der Waals surface area contributed by atoms with E-state index in [1.54, 1.807) is 0 Å². The molecule has 1 aliphatic rings. The van der Waals surface area contributed by atoms with Gasteiger partial charge in [-0.1, -0.05) is 60.7 Å². The van der Waals surface area contributed by atoms with Crippen molar-refractivity contribution >= 4 is 0 Å². The molecule has 1 saturated heterocycles. The van der Waals surface area contributed by atoms with Gasteiger partial charge in [0.1, 0.15) is 5.60 Å². The van der Waals surface area contributed by atoms with Crippen LogP contribution in [-0.2, 0) is 25.9 Å². The molecular weight excluding hydrogens is 252 g/mol. The van der Waals surface area contributed by atoms with Crippen molar-refractivity contribution in [3.63, 3.8) is 0 Å². The summed E-state index contributed by atoms with van der Waals surface area (Å²) >= 11 is 0. The zero-order chi connectivity index (χ0) is 14.1. The van der Waals surface area contributed by atoms with Gasteiger partial charge in [-0.25, -0.2) is 4.89 Å². The molecule has 1 heterocycles. The lowest BCUT2D eigenvalue weighted by Gasteiger charge is -2.41. The molecule has 0 saturated carbocycles. The standard InChI is InChI=1S/C17H18O3/c1-16(14-9-5-3-6-10-14)13-18-17(2,20-19-16)15-11-7-4-8-12-15/h3-12H,13H2,1-2H3. The second-order valence-electron chi connectivity index (χ2n) is 5.36. The van der Waals surface area contributed by atoms with Gasteiger partial charge in [-0.15, -0.1) is 0 Å². The molecule has 2 atom stereocenters. The Morgan fingerprint density at radius 3 is 1.80 bits per heavy atom. The average molecular weight is 270 g/mol. The molecule has 0 amide bonds. The van der Waals surface area contributed by atoms with E-state index in [4.69, 9.17) is 14.5 Å². The molecule has 3 heteroatoms. The zero-order valence-corrected chi connectivity index (χ0v) is 11.7. The summed E-state index contributed by atoms with van der Waals surface area (Å²) in [7, 11) is 0. The molecule has 0 aliphatic carbocycles. The quantitative estimate of drug-likeness (QED) is 0.778. The Balaban J connectivity index is 1.80. The molecule has 20 heavy (non-hydrogen) atoms. The van der Waals surface area contributed by atoms with Gasteiger partial charge >= 0.3 is 0 Å². The van der Waals surface area contributed by atoms with Crippen molar-refractivity contribution in [3.05, 3.63) is 71.8 Å². The van der Waals surface area contributed by atoms with Gasteiger partial charge in [-0.05, 0) is 19.4 Å². The SMILES string of the molecule is CC1(c2ccccc2)COC(C)(c2ccccc2)OO1. The van der Waals surface area contributed by atoms with Crippen LogP contribution in [0.15, 0.2) is 60.7 Å². The summed E-state index contributed by atoms with van der Waals surface area (Å²) in [6.45, 7) is 4.27. The topological polar surface area (TPSA) is 27.7 Å². The first-order chi connectivity index (χ1) is 9.62. The maximum Gasteiger partial charge on any atom is 0.225 e. The van der Waals surface area contributed by atoms with Gasteiger partial charge in [0.25, 0.3) is 0 Å². The highest BCUT2D eigenvalue weighted by Crippen LogP contribution is 2.39. The van der Waals surface area contributed by atoms with Gasteiger partial charge < -0.3 is 4.74 Å². The van der Waals surface area contributed by atoms with E-state index >= 15 is 0 Å². The highest BCUT2D eigenvalue weighted by Gasteiger charge is 2.43. The molecule has 3 rings (SSSR count). The molecular formula is C17H18O3. The fourth-order valence-electron chi connectivity index (χ4n) is 2.29. The minimum absolute atomic E-state index is 0.433. The minimum atomic E-state index is -0.866. The van der Waals surface area contributed by atoms with E-state index in [0.29, 0.717) is 6.61 Å². The molecule has 1 aliphatic heterocycles. The third kappa shape index (κ3) is 2.36. The Morgan fingerprint density at radius 2 is 1.30 bits per heavy atom. The molecule has 3 nitrogen and oxygen atoms in total. The first-order valence-electron chi connectivity index (χ1n) is 6.74. The van der Waals surface area contributed by atoms with E-state index in [0.717, 1.165) is 11.1 Å². The van der Waals surface area contributed by atoms with Crippen LogP contribution in [-0.4, -0.2) is 6.61 Å². The normalized spacial score (nSPS) is 30.1. The number of hydrogen-bond donors (Lipinski definition) is 0. The largest absolute Gasteiger partial charge is 0.340 e. The smallest absolute Gasteiger partial charge is 0.225 e. The maximum atomic E-state index is 5.97. The Hall–Kier alpha value is -1.68. The fraction of sp³-hybridized carbons (Fsp3) is 0.294. The van der Waals surface area contributed by atoms with Gasteiger partial charge in [0, 0.05) is 5.56 Å². The Bertz CT molecular complexity index is 504. The van der Waals surface area contributed by atoms with Crippen molar-refractivity contribution in [1.29, 1.82) is 0 Å². The zero-order valence-electron chi connectivity index (χ0n) is 11.7. The molecule has 2 aromatic rings. The molecule has 2 aromatic carbocycles. The number of ether oxygens (including phenoxy) is 1. The van der Waals surface area contributed by atoms with Crippen LogP contribution in [0.5, 0.6) is 0 Å². The van der Waals surface area contributed by atoms with E-state index < -0.39 is 11.4 Å². The molecule has 0 aromatic heterocycles. The summed E-state index contributed by atoms with van der Waals surface area (Å²) in [5.41, 5.74) is 1.39. The fourth-order valence-corrected chi connectivity index (χ4v) is 2.29. The Kier molecular flexibility index (Phi) is 3.34. The molecule has 0 radical (unpaired) electrons. The van der Waals surface area contributed by atoms with Crippen LogP contribution in [0.2, 0.25) is 0 Å². The predicted molar refractivity (Wildman–Crippen MR) is 75.7 cm³/mol. The summed E-state index contributed by atoms with van der Waals surface area (Å²) in [6.07, 6.45) is 0. The van der Waals surface area contributed by atoms with E-state index in [2.05, 4.69) is 0 Å². The monoisotopic (exact) mass is 270 g/mol. The number of rotatable bonds is 2. The molecule has 2 unspecified atom stereocenters. The lowest BCUT2D eigenvalue weighted by atomic mass is 9.96. The van der Waals surface area contributed by atoms with Crippen molar-refractivity contribution in [3.8, 4) is 0 Å². The van der Waals surface area contributed by atoms with Gasteiger partial charge in [-0.3, -0.25) is 0 Å². The Morgan fingerprint density at radius 1 is 0.750 bits per heavy atom. The van der Waals surface area contributed by atoms with E-state index in [-0.39, 0.29) is 0 Å². The van der Waals surface area contributed by atoms with E-state index in [9.17, 15) is 0 Å². The van der Waals surface area contributed by atoms with Gasteiger partial charge in [0.05, 0.1) is 6.61 Å². The summed E-state index contributed by atoms with van der Waals surface area (Å²) in [5, 5.41) is 0. The van der Waals surface area contributed by atoms with Crippen molar-refractivity contribution < 1.29 is 14.5 Å². The molecule has 1 fully saturated rings. The van der Waals surface area contributed by atoms with Gasteiger partial charge in [0.2, 0.25) is 5.79 Å². The van der Waals surface area contributed by atoms with Crippen LogP contribution >= 0.6 is 0 Å². The van der Waals surface area contributed by atoms with Gasteiger partial charge in [-0.2, -0.15) is 4.89 Å². The average Bonchev–Trinajstić information content (AvgIpc) is 2.52.